The van der Waals surface area contributed by atoms with Crippen LogP contribution in [-0.4, -0.2) is 51.4 Å². The summed E-state index contributed by atoms with van der Waals surface area (Å²) in [4.78, 5) is 2.51. The van der Waals surface area contributed by atoms with Gasteiger partial charge in [-0.15, -0.1) is 0 Å². The first kappa shape index (κ1) is 14.7. The lowest BCUT2D eigenvalue weighted by atomic mass is 9.92. The van der Waals surface area contributed by atoms with Gasteiger partial charge in [-0.1, -0.05) is 6.07 Å². The Morgan fingerprint density at radius 3 is 3.00 bits per heavy atom. The maximum atomic E-state index is 5.93. The number of anilines is 1. The average Bonchev–Trinajstić information content (AvgIpc) is 3.08. The number of hydrogen-bond acceptors (Lipinski definition) is 4. The molecule has 0 aliphatic carbocycles. The second kappa shape index (κ2) is 6.67. The molecule has 0 saturated carbocycles. The quantitative estimate of drug-likeness (QED) is 0.817. The highest BCUT2D eigenvalue weighted by Gasteiger charge is 2.31. The van der Waals surface area contributed by atoms with Gasteiger partial charge in [0, 0.05) is 36.9 Å². The standard InChI is InChI=1S/C17H26N2O2/c1-19-8-4-5-14(19)11-13-12-18-15-6-3-7-16(17(13)15)21-10-9-20-2/h3,6-7,13-14,18H,4-5,8-12H2,1-2H3/t13-,14-/m1/s1. The molecule has 0 spiro atoms. The van der Waals surface area contributed by atoms with E-state index >= 15 is 0 Å². The van der Waals surface area contributed by atoms with Gasteiger partial charge < -0.3 is 19.7 Å². The van der Waals surface area contributed by atoms with E-state index in [1.165, 1.54) is 37.1 Å². The number of methoxy groups -OCH3 is 1. The van der Waals surface area contributed by atoms with Gasteiger partial charge in [0.2, 0.25) is 0 Å². The Balaban J connectivity index is 1.73. The van der Waals surface area contributed by atoms with Crippen LogP contribution < -0.4 is 10.1 Å². The molecule has 3 rings (SSSR count). The van der Waals surface area contributed by atoms with Crippen LogP contribution in [0.15, 0.2) is 18.2 Å². The molecule has 2 aliphatic rings. The Morgan fingerprint density at radius 1 is 1.33 bits per heavy atom. The molecule has 0 amide bonds. The Hall–Kier alpha value is -1.26. The number of nitrogens with one attached hydrogen (secondary N) is 1. The van der Waals surface area contributed by atoms with Gasteiger partial charge in [0.25, 0.3) is 0 Å². The van der Waals surface area contributed by atoms with Gasteiger partial charge >= 0.3 is 0 Å². The molecular weight excluding hydrogens is 264 g/mol. The Morgan fingerprint density at radius 2 is 2.24 bits per heavy atom. The predicted octanol–water partition coefficient (Wildman–Crippen LogP) is 2.71. The summed E-state index contributed by atoms with van der Waals surface area (Å²) < 4.78 is 11.0. The minimum Gasteiger partial charge on any atom is -0.491 e. The summed E-state index contributed by atoms with van der Waals surface area (Å²) in [6.07, 6.45) is 3.89. The normalized spacial score (nSPS) is 24.9. The summed E-state index contributed by atoms with van der Waals surface area (Å²) >= 11 is 0. The number of nitrogens with zero attached hydrogens (tertiary/aromatic N) is 1. The first-order chi connectivity index (χ1) is 10.3. The van der Waals surface area contributed by atoms with Gasteiger partial charge in [-0.2, -0.15) is 0 Å². The Kier molecular flexibility index (Phi) is 4.66. The van der Waals surface area contributed by atoms with Crippen molar-refractivity contribution in [3.8, 4) is 5.75 Å². The topological polar surface area (TPSA) is 33.7 Å². The van der Waals surface area contributed by atoms with E-state index in [1.807, 2.05) is 0 Å². The van der Waals surface area contributed by atoms with E-state index in [1.54, 1.807) is 7.11 Å². The minimum atomic E-state index is 0.560. The summed E-state index contributed by atoms with van der Waals surface area (Å²) in [5.74, 6) is 1.59. The minimum absolute atomic E-state index is 0.560. The number of rotatable bonds is 6. The SMILES string of the molecule is COCCOc1cccc2c1[C@H](C[C@H]1CCCN1C)CN2. The maximum absolute atomic E-state index is 5.93. The zero-order valence-electron chi connectivity index (χ0n) is 13.1. The highest BCUT2D eigenvalue weighted by atomic mass is 16.5. The van der Waals surface area contributed by atoms with Crippen LogP contribution in [0.1, 0.15) is 30.7 Å². The van der Waals surface area contributed by atoms with Crippen molar-refractivity contribution >= 4 is 5.69 Å². The summed E-state index contributed by atoms with van der Waals surface area (Å²) in [7, 11) is 3.96. The highest BCUT2D eigenvalue weighted by molar-refractivity contribution is 5.63. The number of likely N-dealkylation sites (tertiary alicyclic amines) is 1. The van der Waals surface area contributed by atoms with E-state index in [9.17, 15) is 0 Å². The fourth-order valence-electron chi connectivity index (χ4n) is 3.62. The molecule has 0 radical (unpaired) electrons. The van der Waals surface area contributed by atoms with Crippen molar-refractivity contribution in [3.05, 3.63) is 23.8 Å². The third-order valence-corrected chi connectivity index (χ3v) is 4.79. The third kappa shape index (κ3) is 3.16. The zero-order valence-corrected chi connectivity index (χ0v) is 13.1. The van der Waals surface area contributed by atoms with E-state index in [2.05, 4.69) is 35.5 Å². The van der Waals surface area contributed by atoms with Gasteiger partial charge in [-0.25, -0.2) is 0 Å². The number of fused-ring (bicyclic) bond motifs is 1. The Bertz CT molecular complexity index is 478. The highest BCUT2D eigenvalue weighted by Crippen LogP contribution is 2.42. The van der Waals surface area contributed by atoms with Crippen LogP contribution in [-0.2, 0) is 4.74 Å². The van der Waals surface area contributed by atoms with E-state index in [4.69, 9.17) is 9.47 Å². The number of ether oxygens (including phenoxy) is 2. The molecule has 1 saturated heterocycles. The van der Waals surface area contributed by atoms with Crippen LogP contribution in [0.3, 0.4) is 0 Å². The number of hydrogen-bond donors (Lipinski definition) is 1. The maximum Gasteiger partial charge on any atom is 0.125 e. The van der Waals surface area contributed by atoms with Crippen molar-refractivity contribution in [1.82, 2.24) is 4.90 Å². The van der Waals surface area contributed by atoms with Gasteiger partial charge in [-0.05, 0) is 45.0 Å². The lowest BCUT2D eigenvalue weighted by molar-refractivity contribution is 0.145. The monoisotopic (exact) mass is 290 g/mol. The molecule has 2 heterocycles. The van der Waals surface area contributed by atoms with Crippen molar-refractivity contribution in [2.75, 3.05) is 45.8 Å². The zero-order chi connectivity index (χ0) is 14.7. The molecule has 4 nitrogen and oxygen atoms in total. The third-order valence-electron chi connectivity index (χ3n) is 4.79. The number of benzene rings is 1. The molecule has 0 bridgehead atoms. The molecule has 2 aliphatic heterocycles. The molecule has 1 aromatic carbocycles. The molecule has 2 atom stereocenters. The fourth-order valence-corrected chi connectivity index (χ4v) is 3.62. The summed E-state index contributed by atoms with van der Waals surface area (Å²) in [6, 6.07) is 7.04. The molecule has 21 heavy (non-hydrogen) atoms. The first-order valence-electron chi connectivity index (χ1n) is 7.98. The van der Waals surface area contributed by atoms with E-state index in [0.29, 0.717) is 19.1 Å². The van der Waals surface area contributed by atoms with Crippen molar-refractivity contribution in [2.45, 2.75) is 31.2 Å². The summed E-state index contributed by atoms with van der Waals surface area (Å²) in [6.45, 7) is 3.52. The molecule has 4 heteroatoms. The van der Waals surface area contributed by atoms with Gasteiger partial charge in [0.05, 0.1) is 6.61 Å². The molecule has 0 aromatic heterocycles. The van der Waals surface area contributed by atoms with E-state index in [0.717, 1.165) is 18.3 Å². The lowest BCUT2D eigenvalue weighted by Crippen LogP contribution is -2.27. The van der Waals surface area contributed by atoms with Crippen LogP contribution in [0.25, 0.3) is 0 Å². The van der Waals surface area contributed by atoms with Gasteiger partial charge in [0.15, 0.2) is 0 Å². The molecule has 1 aromatic rings. The van der Waals surface area contributed by atoms with Crippen LogP contribution >= 0.6 is 0 Å². The van der Waals surface area contributed by atoms with Crippen LogP contribution in [0.5, 0.6) is 5.75 Å². The predicted molar refractivity (Wildman–Crippen MR) is 85.3 cm³/mol. The van der Waals surface area contributed by atoms with Gasteiger partial charge in [-0.3, -0.25) is 0 Å². The molecule has 1 N–H and O–H groups in total. The fraction of sp³-hybridized carbons (Fsp3) is 0.647. The van der Waals surface area contributed by atoms with Gasteiger partial charge in [0.1, 0.15) is 12.4 Å². The van der Waals surface area contributed by atoms with E-state index < -0.39 is 0 Å². The second-order valence-electron chi connectivity index (χ2n) is 6.15. The summed E-state index contributed by atoms with van der Waals surface area (Å²) in [5.41, 5.74) is 2.62. The Labute approximate surface area is 127 Å². The van der Waals surface area contributed by atoms with Crippen molar-refractivity contribution in [2.24, 2.45) is 0 Å². The molecule has 0 unspecified atom stereocenters. The summed E-state index contributed by atoms with van der Waals surface area (Å²) in [5, 5.41) is 3.54. The molecule has 116 valence electrons. The molecule has 1 fully saturated rings. The largest absolute Gasteiger partial charge is 0.491 e. The lowest BCUT2D eigenvalue weighted by Gasteiger charge is -2.23. The first-order valence-corrected chi connectivity index (χ1v) is 7.98. The smallest absolute Gasteiger partial charge is 0.125 e. The van der Waals surface area contributed by atoms with Crippen LogP contribution in [0.2, 0.25) is 0 Å². The van der Waals surface area contributed by atoms with Crippen molar-refractivity contribution < 1.29 is 9.47 Å². The van der Waals surface area contributed by atoms with Crippen molar-refractivity contribution in [3.63, 3.8) is 0 Å². The van der Waals surface area contributed by atoms with Crippen molar-refractivity contribution in [1.29, 1.82) is 0 Å². The average molecular weight is 290 g/mol. The van der Waals surface area contributed by atoms with Crippen LogP contribution in [0.4, 0.5) is 5.69 Å². The molecular formula is C17H26N2O2. The van der Waals surface area contributed by atoms with E-state index in [-0.39, 0.29) is 0 Å². The second-order valence-corrected chi connectivity index (χ2v) is 6.15. The van der Waals surface area contributed by atoms with Crippen LogP contribution in [0, 0.1) is 0 Å².